The van der Waals surface area contributed by atoms with Crippen LogP contribution in [0.1, 0.15) is 37.5 Å². The lowest BCUT2D eigenvalue weighted by molar-refractivity contribution is 0.272. The highest BCUT2D eigenvalue weighted by Crippen LogP contribution is 2.28. The van der Waals surface area contributed by atoms with E-state index in [-0.39, 0.29) is 0 Å². The van der Waals surface area contributed by atoms with Crippen LogP contribution in [0.4, 0.5) is 0 Å². The summed E-state index contributed by atoms with van der Waals surface area (Å²) in [6.45, 7) is 6.61. The summed E-state index contributed by atoms with van der Waals surface area (Å²) < 4.78 is 6.04. The second-order valence-corrected chi connectivity index (χ2v) is 6.34. The van der Waals surface area contributed by atoms with Gasteiger partial charge in [-0.1, -0.05) is 25.1 Å². The summed E-state index contributed by atoms with van der Waals surface area (Å²) in [7, 11) is 1.98. The number of hydrogen-bond donors (Lipinski definition) is 1. The van der Waals surface area contributed by atoms with Crippen LogP contribution in [0.25, 0.3) is 11.0 Å². The first-order valence-corrected chi connectivity index (χ1v) is 8.14. The molecule has 1 saturated heterocycles. The maximum atomic E-state index is 6.04. The monoisotopic (exact) mass is 286 g/mol. The van der Waals surface area contributed by atoms with E-state index in [1.807, 2.05) is 13.1 Å². The second kappa shape index (κ2) is 6.63. The number of nitrogens with one attached hydrogen (secondary N) is 1. The van der Waals surface area contributed by atoms with E-state index in [0.29, 0.717) is 0 Å². The Bertz CT molecular complexity index is 590. The maximum absolute atomic E-state index is 6.04. The van der Waals surface area contributed by atoms with Crippen molar-refractivity contribution in [2.24, 2.45) is 5.92 Å². The van der Waals surface area contributed by atoms with Crippen molar-refractivity contribution >= 4 is 11.0 Å². The van der Waals surface area contributed by atoms with Crippen LogP contribution in [0.3, 0.4) is 0 Å². The van der Waals surface area contributed by atoms with Crippen LogP contribution >= 0.6 is 0 Å². The summed E-state index contributed by atoms with van der Waals surface area (Å²) in [6.07, 6.45) is 4.00. The summed E-state index contributed by atoms with van der Waals surface area (Å²) in [5.41, 5.74) is 2.38. The molecule has 0 aliphatic carbocycles. The van der Waals surface area contributed by atoms with Crippen LogP contribution in [-0.2, 0) is 13.1 Å². The summed E-state index contributed by atoms with van der Waals surface area (Å²) in [5, 5.41) is 4.51. The molecule has 1 aliphatic rings. The smallest absolute Gasteiger partial charge is 0.134 e. The van der Waals surface area contributed by atoms with Crippen molar-refractivity contribution in [3.63, 3.8) is 0 Å². The standard InChI is InChI=1S/C18H26N2O/c1-14-6-5-10-20(11-9-14)13-16-15-7-3-4-8-17(15)21-18(16)12-19-2/h3-4,7-8,14,19H,5-6,9-13H2,1-2H3. The zero-order valence-electron chi connectivity index (χ0n) is 13.2. The molecule has 1 unspecified atom stereocenters. The van der Waals surface area contributed by atoms with Crippen molar-refractivity contribution in [2.75, 3.05) is 20.1 Å². The van der Waals surface area contributed by atoms with Gasteiger partial charge in [-0.25, -0.2) is 0 Å². The van der Waals surface area contributed by atoms with Gasteiger partial charge in [0.15, 0.2) is 0 Å². The third-order valence-electron chi connectivity index (χ3n) is 4.61. The molecule has 1 N–H and O–H groups in total. The Morgan fingerprint density at radius 1 is 1.24 bits per heavy atom. The van der Waals surface area contributed by atoms with Gasteiger partial charge in [0.1, 0.15) is 11.3 Å². The van der Waals surface area contributed by atoms with Gasteiger partial charge in [-0.3, -0.25) is 4.90 Å². The van der Waals surface area contributed by atoms with E-state index in [2.05, 4.69) is 35.3 Å². The van der Waals surface area contributed by atoms with E-state index in [1.165, 1.54) is 43.3 Å². The molecule has 1 aromatic heterocycles. The predicted octanol–water partition coefficient (Wildman–Crippen LogP) is 3.77. The third-order valence-corrected chi connectivity index (χ3v) is 4.61. The quantitative estimate of drug-likeness (QED) is 0.927. The predicted molar refractivity (Wildman–Crippen MR) is 87.3 cm³/mol. The first-order valence-electron chi connectivity index (χ1n) is 8.14. The van der Waals surface area contributed by atoms with Crippen LogP contribution in [0.15, 0.2) is 28.7 Å². The molecule has 1 fully saturated rings. The van der Waals surface area contributed by atoms with Crippen LogP contribution in [-0.4, -0.2) is 25.0 Å². The molecule has 3 nitrogen and oxygen atoms in total. The van der Waals surface area contributed by atoms with Crippen LogP contribution in [0, 0.1) is 5.92 Å². The Labute approximate surface area is 127 Å². The number of nitrogens with zero attached hydrogens (tertiary/aromatic N) is 1. The first kappa shape index (κ1) is 14.6. The van der Waals surface area contributed by atoms with E-state index < -0.39 is 0 Å². The Balaban J connectivity index is 1.86. The summed E-state index contributed by atoms with van der Waals surface area (Å²) in [6, 6.07) is 8.41. The Hall–Kier alpha value is -1.32. The minimum absolute atomic E-state index is 0.800. The number of fused-ring (bicyclic) bond motifs is 1. The lowest BCUT2D eigenvalue weighted by Crippen LogP contribution is -2.25. The highest BCUT2D eigenvalue weighted by Gasteiger charge is 2.19. The Morgan fingerprint density at radius 2 is 2.10 bits per heavy atom. The van der Waals surface area contributed by atoms with Crippen molar-refractivity contribution in [1.82, 2.24) is 10.2 Å². The van der Waals surface area contributed by atoms with E-state index in [9.17, 15) is 0 Å². The third kappa shape index (κ3) is 3.30. The van der Waals surface area contributed by atoms with Crippen LogP contribution < -0.4 is 5.32 Å². The van der Waals surface area contributed by atoms with Gasteiger partial charge in [0.25, 0.3) is 0 Å². The van der Waals surface area contributed by atoms with Gasteiger partial charge in [-0.2, -0.15) is 0 Å². The molecule has 0 amide bonds. The molecule has 0 bridgehead atoms. The van der Waals surface area contributed by atoms with Gasteiger partial charge in [0, 0.05) is 17.5 Å². The minimum Gasteiger partial charge on any atom is -0.459 e. The number of furan rings is 1. The SMILES string of the molecule is CNCc1oc2ccccc2c1CN1CCCC(C)CC1. The molecule has 3 heteroatoms. The molecular weight excluding hydrogens is 260 g/mol. The summed E-state index contributed by atoms with van der Waals surface area (Å²) >= 11 is 0. The fourth-order valence-electron chi connectivity index (χ4n) is 3.33. The van der Waals surface area contributed by atoms with E-state index in [1.54, 1.807) is 0 Å². The van der Waals surface area contributed by atoms with E-state index in [4.69, 9.17) is 4.42 Å². The van der Waals surface area contributed by atoms with Gasteiger partial charge in [-0.15, -0.1) is 0 Å². The molecule has 0 spiro atoms. The fourth-order valence-corrected chi connectivity index (χ4v) is 3.33. The van der Waals surface area contributed by atoms with E-state index >= 15 is 0 Å². The molecule has 2 aromatic rings. The van der Waals surface area contributed by atoms with Gasteiger partial charge in [0.05, 0.1) is 6.54 Å². The molecule has 1 atom stereocenters. The number of rotatable bonds is 4. The lowest BCUT2D eigenvalue weighted by Gasteiger charge is -2.20. The van der Waals surface area contributed by atoms with Crippen molar-refractivity contribution in [3.8, 4) is 0 Å². The maximum Gasteiger partial charge on any atom is 0.134 e. The molecule has 21 heavy (non-hydrogen) atoms. The fraction of sp³-hybridized carbons (Fsp3) is 0.556. The minimum atomic E-state index is 0.800. The summed E-state index contributed by atoms with van der Waals surface area (Å²) in [5.74, 6) is 1.96. The largest absolute Gasteiger partial charge is 0.459 e. The number of hydrogen-bond acceptors (Lipinski definition) is 3. The molecule has 3 rings (SSSR count). The van der Waals surface area contributed by atoms with Crippen molar-refractivity contribution < 1.29 is 4.42 Å². The highest BCUT2D eigenvalue weighted by molar-refractivity contribution is 5.82. The van der Waals surface area contributed by atoms with Crippen molar-refractivity contribution in [3.05, 3.63) is 35.6 Å². The normalized spacial score (nSPS) is 20.8. The Kier molecular flexibility index (Phi) is 4.61. The average Bonchev–Trinajstić information content (AvgIpc) is 2.68. The van der Waals surface area contributed by atoms with Crippen LogP contribution in [0.5, 0.6) is 0 Å². The molecule has 1 aromatic carbocycles. The number of para-hydroxylation sites is 1. The topological polar surface area (TPSA) is 28.4 Å². The van der Waals surface area contributed by atoms with E-state index in [0.717, 1.165) is 30.4 Å². The van der Waals surface area contributed by atoms with Gasteiger partial charge in [-0.05, 0) is 51.4 Å². The second-order valence-electron chi connectivity index (χ2n) is 6.34. The lowest BCUT2D eigenvalue weighted by atomic mass is 10.0. The van der Waals surface area contributed by atoms with Gasteiger partial charge < -0.3 is 9.73 Å². The van der Waals surface area contributed by atoms with Gasteiger partial charge in [0.2, 0.25) is 0 Å². The molecule has 2 heterocycles. The van der Waals surface area contributed by atoms with Crippen LogP contribution in [0.2, 0.25) is 0 Å². The van der Waals surface area contributed by atoms with Crippen molar-refractivity contribution in [1.29, 1.82) is 0 Å². The van der Waals surface area contributed by atoms with Crippen molar-refractivity contribution in [2.45, 2.75) is 39.3 Å². The summed E-state index contributed by atoms with van der Waals surface area (Å²) in [4.78, 5) is 2.60. The first-order chi connectivity index (χ1) is 10.3. The molecule has 1 aliphatic heterocycles. The van der Waals surface area contributed by atoms with Gasteiger partial charge >= 0.3 is 0 Å². The number of likely N-dealkylation sites (tertiary alicyclic amines) is 1. The molecule has 114 valence electrons. The zero-order chi connectivity index (χ0) is 14.7. The average molecular weight is 286 g/mol. The molecular formula is C18H26N2O. The highest BCUT2D eigenvalue weighted by atomic mass is 16.3. The zero-order valence-corrected chi connectivity index (χ0v) is 13.2. The molecule has 0 radical (unpaired) electrons. The Morgan fingerprint density at radius 3 is 2.95 bits per heavy atom. The molecule has 0 saturated carbocycles. The number of benzene rings is 1.